The predicted molar refractivity (Wildman–Crippen MR) is 83.4 cm³/mol. The van der Waals surface area contributed by atoms with Gasteiger partial charge in [0.05, 0.1) is 0 Å². The molecule has 21 heavy (non-hydrogen) atoms. The third kappa shape index (κ3) is 4.61. The number of rotatable bonds is 4. The molecule has 2 amide bonds. The second kappa shape index (κ2) is 7.66. The topological polar surface area (TPSA) is 40.6 Å². The van der Waals surface area contributed by atoms with Gasteiger partial charge in [-0.3, -0.25) is 9.59 Å². The van der Waals surface area contributed by atoms with Crippen molar-refractivity contribution in [1.82, 2.24) is 9.80 Å². The van der Waals surface area contributed by atoms with Crippen molar-refractivity contribution >= 4 is 35.0 Å². The molecule has 0 unspecified atom stereocenters. The quantitative estimate of drug-likeness (QED) is 0.794. The van der Waals surface area contributed by atoms with Gasteiger partial charge in [-0.05, 0) is 12.0 Å². The van der Waals surface area contributed by atoms with Gasteiger partial charge < -0.3 is 9.80 Å². The van der Waals surface area contributed by atoms with E-state index in [9.17, 15) is 9.59 Å². The molecule has 1 aliphatic heterocycles. The number of hydrogen-bond acceptors (Lipinski definition) is 2. The molecular formula is C15H18Cl2N2O2. The maximum Gasteiger partial charge on any atom is 0.255 e. The van der Waals surface area contributed by atoms with Crippen LogP contribution < -0.4 is 0 Å². The van der Waals surface area contributed by atoms with Gasteiger partial charge in [-0.15, -0.1) is 0 Å². The maximum atomic E-state index is 12.2. The largest absolute Gasteiger partial charge is 0.339 e. The molecule has 0 aliphatic carbocycles. The minimum atomic E-state index is -1.02. The third-order valence-corrected chi connectivity index (χ3v) is 3.97. The number of halogens is 2. The van der Waals surface area contributed by atoms with Crippen LogP contribution in [-0.2, 0) is 16.0 Å². The van der Waals surface area contributed by atoms with E-state index in [0.29, 0.717) is 32.6 Å². The van der Waals surface area contributed by atoms with Crippen LogP contribution in [0, 0.1) is 0 Å². The molecular weight excluding hydrogens is 311 g/mol. The molecule has 1 saturated heterocycles. The second-order valence-electron chi connectivity index (χ2n) is 4.99. The standard InChI is InChI=1S/C15H18Cl2N2O2/c16-14(17)15(21)19-10-8-18(9-11-19)13(20)7-6-12-4-2-1-3-5-12/h1-5,14H,6-11H2. The monoisotopic (exact) mass is 328 g/mol. The van der Waals surface area contributed by atoms with Gasteiger partial charge in [0.2, 0.25) is 5.91 Å². The molecule has 4 nitrogen and oxygen atoms in total. The first-order chi connectivity index (χ1) is 10.1. The Hall–Kier alpha value is -1.26. The summed E-state index contributed by atoms with van der Waals surface area (Å²) < 4.78 is 0. The molecule has 1 fully saturated rings. The highest BCUT2D eigenvalue weighted by Gasteiger charge is 2.26. The van der Waals surface area contributed by atoms with Crippen LogP contribution in [0.4, 0.5) is 0 Å². The minimum absolute atomic E-state index is 0.124. The van der Waals surface area contributed by atoms with Crippen molar-refractivity contribution in [2.75, 3.05) is 26.2 Å². The van der Waals surface area contributed by atoms with E-state index in [1.54, 1.807) is 9.80 Å². The van der Waals surface area contributed by atoms with Gasteiger partial charge in [-0.2, -0.15) is 0 Å². The Balaban J connectivity index is 1.77. The molecule has 1 aliphatic rings. The van der Waals surface area contributed by atoms with Crippen LogP contribution in [0.2, 0.25) is 0 Å². The van der Waals surface area contributed by atoms with E-state index in [-0.39, 0.29) is 11.8 Å². The summed E-state index contributed by atoms with van der Waals surface area (Å²) in [4.78, 5) is 26.2. The summed E-state index contributed by atoms with van der Waals surface area (Å²) in [5.41, 5.74) is 1.16. The number of alkyl halides is 2. The van der Waals surface area contributed by atoms with Crippen molar-refractivity contribution in [1.29, 1.82) is 0 Å². The van der Waals surface area contributed by atoms with Gasteiger partial charge in [0, 0.05) is 32.6 Å². The molecule has 1 aromatic carbocycles. The fraction of sp³-hybridized carbons (Fsp3) is 0.467. The zero-order valence-electron chi connectivity index (χ0n) is 11.7. The van der Waals surface area contributed by atoms with Gasteiger partial charge in [0.15, 0.2) is 4.84 Å². The number of benzene rings is 1. The van der Waals surface area contributed by atoms with Crippen LogP contribution >= 0.6 is 23.2 Å². The lowest BCUT2D eigenvalue weighted by Crippen LogP contribution is -2.51. The van der Waals surface area contributed by atoms with Crippen molar-refractivity contribution in [3.8, 4) is 0 Å². The fourth-order valence-electron chi connectivity index (χ4n) is 2.37. The number of aryl methyl sites for hydroxylation is 1. The molecule has 0 N–H and O–H groups in total. The number of hydrogen-bond donors (Lipinski definition) is 0. The molecule has 0 radical (unpaired) electrons. The summed E-state index contributed by atoms with van der Waals surface area (Å²) >= 11 is 11.1. The Labute approximate surface area is 134 Å². The number of nitrogens with zero attached hydrogens (tertiary/aromatic N) is 2. The average molecular weight is 329 g/mol. The normalized spacial score (nSPS) is 15.4. The van der Waals surface area contributed by atoms with Crippen LogP contribution in [0.15, 0.2) is 30.3 Å². The van der Waals surface area contributed by atoms with Crippen molar-refractivity contribution in [2.45, 2.75) is 17.7 Å². The molecule has 114 valence electrons. The molecule has 1 aromatic rings. The Morgan fingerprint density at radius 1 is 1.00 bits per heavy atom. The van der Waals surface area contributed by atoms with Gasteiger partial charge in [-0.25, -0.2) is 0 Å². The zero-order chi connectivity index (χ0) is 15.2. The van der Waals surface area contributed by atoms with Gasteiger partial charge >= 0.3 is 0 Å². The van der Waals surface area contributed by atoms with E-state index >= 15 is 0 Å². The van der Waals surface area contributed by atoms with E-state index in [1.165, 1.54) is 0 Å². The van der Waals surface area contributed by atoms with Crippen LogP contribution in [0.3, 0.4) is 0 Å². The summed E-state index contributed by atoms with van der Waals surface area (Å²) in [6, 6.07) is 9.94. The molecule has 0 spiro atoms. The Morgan fingerprint density at radius 3 is 2.14 bits per heavy atom. The summed E-state index contributed by atoms with van der Waals surface area (Å²) in [6.45, 7) is 2.07. The van der Waals surface area contributed by atoms with Crippen molar-refractivity contribution in [3.05, 3.63) is 35.9 Å². The number of carbonyl (C=O) groups excluding carboxylic acids is 2. The first kappa shape index (κ1) is 16.1. The third-order valence-electron chi connectivity index (χ3n) is 3.60. The van der Waals surface area contributed by atoms with Gasteiger partial charge in [-0.1, -0.05) is 53.5 Å². The van der Waals surface area contributed by atoms with Crippen molar-refractivity contribution in [2.24, 2.45) is 0 Å². The molecule has 1 heterocycles. The molecule has 0 bridgehead atoms. The highest BCUT2D eigenvalue weighted by molar-refractivity contribution is 6.53. The first-order valence-corrected chi connectivity index (χ1v) is 7.84. The fourth-order valence-corrected chi connectivity index (χ4v) is 2.64. The lowest BCUT2D eigenvalue weighted by molar-refractivity contribution is -0.138. The van der Waals surface area contributed by atoms with Crippen LogP contribution in [0.5, 0.6) is 0 Å². The number of piperazine rings is 1. The molecule has 0 saturated carbocycles. The number of amides is 2. The van der Waals surface area contributed by atoms with E-state index in [1.807, 2.05) is 30.3 Å². The summed E-state index contributed by atoms with van der Waals surface area (Å²) in [7, 11) is 0. The Bertz CT molecular complexity index is 486. The molecule has 0 atom stereocenters. The van der Waals surface area contributed by atoms with E-state index in [2.05, 4.69) is 0 Å². The SMILES string of the molecule is O=C(CCc1ccccc1)N1CCN(C(=O)C(Cl)Cl)CC1. The number of carbonyl (C=O) groups is 2. The average Bonchev–Trinajstić information content (AvgIpc) is 2.53. The Kier molecular flexibility index (Phi) is 5.88. The smallest absolute Gasteiger partial charge is 0.255 e. The second-order valence-corrected chi connectivity index (χ2v) is 6.09. The lowest BCUT2D eigenvalue weighted by Gasteiger charge is -2.35. The lowest BCUT2D eigenvalue weighted by atomic mass is 10.1. The van der Waals surface area contributed by atoms with Gasteiger partial charge in [0.25, 0.3) is 5.91 Å². The van der Waals surface area contributed by atoms with E-state index < -0.39 is 4.84 Å². The molecule has 0 aromatic heterocycles. The minimum Gasteiger partial charge on any atom is -0.339 e. The Morgan fingerprint density at radius 2 is 1.57 bits per heavy atom. The summed E-state index contributed by atoms with van der Waals surface area (Å²) in [6.07, 6.45) is 1.23. The molecule has 2 rings (SSSR count). The predicted octanol–water partition coefficient (Wildman–Crippen LogP) is 2.09. The van der Waals surface area contributed by atoms with Crippen molar-refractivity contribution < 1.29 is 9.59 Å². The van der Waals surface area contributed by atoms with Gasteiger partial charge in [0.1, 0.15) is 0 Å². The summed E-state index contributed by atoms with van der Waals surface area (Å²) in [5.74, 6) is -0.158. The van der Waals surface area contributed by atoms with Crippen LogP contribution in [-0.4, -0.2) is 52.6 Å². The highest BCUT2D eigenvalue weighted by atomic mass is 35.5. The zero-order valence-corrected chi connectivity index (χ0v) is 13.2. The summed E-state index contributed by atoms with van der Waals surface area (Å²) in [5, 5.41) is 0. The van der Waals surface area contributed by atoms with Crippen molar-refractivity contribution in [3.63, 3.8) is 0 Å². The first-order valence-electron chi connectivity index (χ1n) is 6.96. The molecule has 6 heteroatoms. The van der Waals surface area contributed by atoms with Crippen LogP contribution in [0.1, 0.15) is 12.0 Å². The van der Waals surface area contributed by atoms with E-state index in [0.717, 1.165) is 12.0 Å². The van der Waals surface area contributed by atoms with Crippen LogP contribution in [0.25, 0.3) is 0 Å². The van der Waals surface area contributed by atoms with E-state index in [4.69, 9.17) is 23.2 Å². The highest BCUT2D eigenvalue weighted by Crippen LogP contribution is 2.12. The maximum absolute atomic E-state index is 12.2.